The maximum Gasteiger partial charge on any atom is 0.319 e. The molecule has 0 atom stereocenters. The SMILES string of the molecule is CCCNC(=O)Nc1ccc(-c2nn[nH]n2)cc1. The molecule has 7 nitrogen and oxygen atoms in total. The lowest BCUT2D eigenvalue weighted by Crippen LogP contribution is -2.29. The number of hydrogen-bond donors (Lipinski definition) is 3. The fraction of sp³-hybridized carbons (Fsp3) is 0.273. The highest BCUT2D eigenvalue weighted by Gasteiger charge is 2.04. The van der Waals surface area contributed by atoms with E-state index in [2.05, 4.69) is 31.3 Å². The molecule has 1 heterocycles. The van der Waals surface area contributed by atoms with Crippen LogP contribution in [0.25, 0.3) is 11.4 Å². The van der Waals surface area contributed by atoms with Crippen LogP contribution in [-0.4, -0.2) is 33.2 Å². The Morgan fingerprint density at radius 1 is 1.33 bits per heavy atom. The number of carbonyl (C=O) groups excluding carboxylic acids is 1. The van der Waals surface area contributed by atoms with Crippen molar-refractivity contribution in [3.05, 3.63) is 24.3 Å². The molecule has 0 aliphatic carbocycles. The number of tetrazole rings is 1. The van der Waals surface area contributed by atoms with E-state index in [0.29, 0.717) is 12.4 Å². The van der Waals surface area contributed by atoms with Crippen molar-refractivity contribution in [2.75, 3.05) is 11.9 Å². The molecule has 1 aromatic heterocycles. The Hall–Kier alpha value is -2.44. The lowest BCUT2D eigenvalue weighted by atomic mass is 10.2. The normalized spacial score (nSPS) is 10.1. The van der Waals surface area contributed by atoms with E-state index in [1.807, 2.05) is 19.1 Å². The number of nitrogens with zero attached hydrogens (tertiary/aromatic N) is 3. The molecule has 0 saturated carbocycles. The van der Waals surface area contributed by atoms with E-state index >= 15 is 0 Å². The number of nitrogens with one attached hydrogen (secondary N) is 3. The average molecular weight is 246 g/mol. The van der Waals surface area contributed by atoms with Crippen LogP contribution < -0.4 is 10.6 Å². The van der Waals surface area contributed by atoms with Crippen molar-refractivity contribution in [2.24, 2.45) is 0 Å². The fourth-order valence-corrected chi connectivity index (χ4v) is 1.40. The van der Waals surface area contributed by atoms with Crippen molar-refractivity contribution in [2.45, 2.75) is 13.3 Å². The minimum absolute atomic E-state index is 0.204. The Morgan fingerprint density at radius 3 is 2.72 bits per heavy atom. The number of aromatic amines is 1. The predicted molar refractivity (Wildman–Crippen MR) is 66.9 cm³/mol. The molecule has 2 amide bonds. The Bertz CT molecular complexity index is 493. The topological polar surface area (TPSA) is 95.6 Å². The third kappa shape index (κ3) is 3.03. The quantitative estimate of drug-likeness (QED) is 0.759. The van der Waals surface area contributed by atoms with Gasteiger partial charge in [0.2, 0.25) is 5.82 Å². The summed E-state index contributed by atoms with van der Waals surface area (Å²) in [4.78, 5) is 11.4. The van der Waals surface area contributed by atoms with Gasteiger partial charge in [0.05, 0.1) is 0 Å². The molecule has 0 saturated heterocycles. The number of amides is 2. The van der Waals surface area contributed by atoms with Gasteiger partial charge in [-0.25, -0.2) is 4.79 Å². The van der Waals surface area contributed by atoms with Crippen molar-refractivity contribution in [3.8, 4) is 11.4 Å². The van der Waals surface area contributed by atoms with Gasteiger partial charge in [-0.1, -0.05) is 6.92 Å². The summed E-state index contributed by atoms with van der Waals surface area (Å²) >= 11 is 0. The van der Waals surface area contributed by atoms with Crippen LogP contribution in [0.15, 0.2) is 24.3 Å². The molecule has 1 aromatic carbocycles. The molecule has 0 aliphatic heterocycles. The number of rotatable bonds is 4. The summed E-state index contributed by atoms with van der Waals surface area (Å²) in [5.41, 5.74) is 1.55. The summed E-state index contributed by atoms with van der Waals surface area (Å²) in [5, 5.41) is 19.1. The fourth-order valence-electron chi connectivity index (χ4n) is 1.40. The Morgan fingerprint density at radius 2 is 2.11 bits per heavy atom. The molecule has 0 radical (unpaired) electrons. The highest BCUT2D eigenvalue weighted by atomic mass is 16.2. The van der Waals surface area contributed by atoms with E-state index in [1.165, 1.54) is 0 Å². The molecule has 0 aliphatic rings. The summed E-state index contributed by atoms with van der Waals surface area (Å²) in [6.07, 6.45) is 0.907. The number of carbonyl (C=O) groups is 1. The number of anilines is 1. The van der Waals surface area contributed by atoms with Gasteiger partial charge in [-0.15, -0.1) is 10.2 Å². The number of aromatic nitrogens is 4. The zero-order valence-corrected chi connectivity index (χ0v) is 9.97. The van der Waals surface area contributed by atoms with Crippen molar-refractivity contribution >= 4 is 11.7 Å². The van der Waals surface area contributed by atoms with Gasteiger partial charge in [-0.2, -0.15) is 5.21 Å². The second-order valence-corrected chi connectivity index (χ2v) is 3.69. The standard InChI is InChI=1S/C11H14N6O/c1-2-7-12-11(18)13-9-5-3-8(4-6-9)10-14-16-17-15-10/h3-6H,2,7H2,1H3,(H2,12,13,18)(H,14,15,16,17). The third-order valence-electron chi connectivity index (χ3n) is 2.28. The van der Waals surface area contributed by atoms with Gasteiger partial charge < -0.3 is 10.6 Å². The maximum absolute atomic E-state index is 11.4. The van der Waals surface area contributed by atoms with Gasteiger partial charge >= 0.3 is 6.03 Å². The van der Waals surface area contributed by atoms with Crippen molar-refractivity contribution < 1.29 is 4.79 Å². The smallest absolute Gasteiger partial charge is 0.319 e. The molecule has 7 heteroatoms. The lowest BCUT2D eigenvalue weighted by Gasteiger charge is -2.06. The van der Waals surface area contributed by atoms with Crippen LogP contribution in [0.1, 0.15) is 13.3 Å². The van der Waals surface area contributed by atoms with Gasteiger partial charge in [-0.3, -0.25) is 0 Å². The van der Waals surface area contributed by atoms with Crippen LogP contribution in [0, 0.1) is 0 Å². The zero-order chi connectivity index (χ0) is 12.8. The van der Waals surface area contributed by atoms with E-state index in [-0.39, 0.29) is 6.03 Å². The molecule has 0 bridgehead atoms. The summed E-state index contributed by atoms with van der Waals surface area (Å²) in [6.45, 7) is 2.66. The molecular weight excluding hydrogens is 232 g/mol. The van der Waals surface area contributed by atoms with E-state index < -0.39 is 0 Å². The van der Waals surface area contributed by atoms with Gasteiger partial charge in [0.15, 0.2) is 0 Å². The molecule has 0 spiro atoms. The maximum atomic E-state index is 11.4. The van der Waals surface area contributed by atoms with Crippen molar-refractivity contribution in [3.63, 3.8) is 0 Å². The van der Waals surface area contributed by atoms with E-state index in [1.54, 1.807) is 12.1 Å². The van der Waals surface area contributed by atoms with Crippen LogP contribution in [0.3, 0.4) is 0 Å². The molecule has 0 fully saturated rings. The first-order chi connectivity index (χ1) is 8.79. The number of benzene rings is 1. The first kappa shape index (κ1) is 12.0. The second kappa shape index (κ2) is 5.76. The number of H-pyrrole nitrogens is 1. The predicted octanol–water partition coefficient (Wildman–Crippen LogP) is 1.40. The largest absolute Gasteiger partial charge is 0.338 e. The van der Waals surface area contributed by atoms with Crippen LogP contribution in [0.4, 0.5) is 10.5 Å². The minimum atomic E-state index is -0.204. The molecule has 2 aromatic rings. The zero-order valence-electron chi connectivity index (χ0n) is 9.97. The molecule has 18 heavy (non-hydrogen) atoms. The molecule has 94 valence electrons. The molecule has 3 N–H and O–H groups in total. The van der Waals surface area contributed by atoms with Crippen molar-refractivity contribution in [1.29, 1.82) is 0 Å². The summed E-state index contributed by atoms with van der Waals surface area (Å²) in [5.74, 6) is 0.525. The first-order valence-electron chi connectivity index (χ1n) is 5.68. The van der Waals surface area contributed by atoms with E-state index in [0.717, 1.165) is 17.7 Å². The number of urea groups is 1. The van der Waals surface area contributed by atoms with E-state index in [9.17, 15) is 4.79 Å². The molecule has 2 rings (SSSR count). The van der Waals surface area contributed by atoms with E-state index in [4.69, 9.17) is 0 Å². The van der Waals surface area contributed by atoms with Gasteiger partial charge in [0, 0.05) is 17.8 Å². The molecular formula is C11H14N6O. The van der Waals surface area contributed by atoms with Crippen LogP contribution >= 0.6 is 0 Å². The lowest BCUT2D eigenvalue weighted by molar-refractivity contribution is 0.252. The monoisotopic (exact) mass is 246 g/mol. The number of hydrogen-bond acceptors (Lipinski definition) is 4. The minimum Gasteiger partial charge on any atom is -0.338 e. The van der Waals surface area contributed by atoms with Crippen molar-refractivity contribution in [1.82, 2.24) is 25.9 Å². The van der Waals surface area contributed by atoms with Gasteiger partial charge in [0.25, 0.3) is 0 Å². The Kier molecular flexibility index (Phi) is 3.85. The van der Waals surface area contributed by atoms with Crippen LogP contribution in [0.2, 0.25) is 0 Å². The van der Waals surface area contributed by atoms with Crippen LogP contribution in [-0.2, 0) is 0 Å². The Balaban J connectivity index is 1.98. The summed E-state index contributed by atoms with van der Waals surface area (Å²) in [7, 11) is 0. The molecule has 0 unspecified atom stereocenters. The Labute approximate surface area is 104 Å². The average Bonchev–Trinajstić information content (AvgIpc) is 2.91. The van der Waals surface area contributed by atoms with Crippen LogP contribution in [0.5, 0.6) is 0 Å². The van der Waals surface area contributed by atoms with Gasteiger partial charge in [-0.05, 0) is 35.9 Å². The second-order valence-electron chi connectivity index (χ2n) is 3.69. The highest BCUT2D eigenvalue weighted by Crippen LogP contribution is 2.16. The summed E-state index contributed by atoms with van der Waals surface area (Å²) < 4.78 is 0. The first-order valence-corrected chi connectivity index (χ1v) is 5.68. The third-order valence-corrected chi connectivity index (χ3v) is 2.28. The summed E-state index contributed by atoms with van der Waals surface area (Å²) in [6, 6.07) is 7.01. The highest BCUT2D eigenvalue weighted by molar-refractivity contribution is 5.89. The van der Waals surface area contributed by atoms with Gasteiger partial charge in [0.1, 0.15) is 0 Å².